The fraction of sp³-hybridized carbons (Fsp3) is 0.467. The van der Waals surface area contributed by atoms with Crippen LogP contribution in [0.4, 0.5) is 9.80 Å². The molecule has 2 aromatic rings. The Labute approximate surface area is 143 Å². The molecule has 0 saturated heterocycles. The number of aromatic nitrogens is 2. The molecular formula is C15H20N4O4S. The Balaban J connectivity index is 1.92. The number of hydrogen-bond donors (Lipinski definition) is 2. The zero-order valence-electron chi connectivity index (χ0n) is 13.8. The van der Waals surface area contributed by atoms with E-state index >= 15 is 0 Å². The van der Waals surface area contributed by atoms with Gasteiger partial charge in [0.15, 0.2) is 0 Å². The van der Waals surface area contributed by atoms with E-state index in [2.05, 4.69) is 25.5 Å². The van der Waals surface area contributed by atoms with Crippen molar-refractivity contribution in [2.24, 2.45) is 5.92 Å². The molecule has 9 heteroatoms. The number of nitrogens with zero attached hydrogens (tertiary/aromatic N) is 2. The van der Waals surface area contributed by atoms with Crippen molar-refractivity contribution in [1.82, 2.24) is 15.5 Å². The summed E-state index contributed by atoms with van der Waals surface area (Å²) in [5.74, 6) is 0.842. The third kappa shape index (κ3) is 5.34. The third-order valence-corrected chi connectivity index (χ3v) is 3.85. The maximum atomic E-state index is 11.7. The minimum atomic E-state index is -0.329. The maximum Gasteiger partial charge on any atom is 0.319 e. The van der Waals surface area contributed by atoms with Crippen LogP contribution in [0, 0.1) is 5.92 Å². The summed E-state index contributed by atoms with van der Waals surface area (Å²) in [5, 5.41) is 11.9. The van der Waals surface area contributed by atoms with Crippen LogP contribution in [-0.4, -0.2) is 35.8 Å². The lowest BCUT2D eigenvalue weighted by molar-refractivity contribution is -0.140. The number of thiophene rings is 1. The maximum absolute atomic E-state index is 11.7. The van der Waals surface area contributed by atoms with Crippen molar-refractivity contribution in [3.63, 3.8) is 0 Å². The van der Waals surface area contributed by atoms with Crippen molar-refractivity contribution < 1.29 is 18.8 Å². The first-order chi connectivity index (χ1) is 11.5. The molecule has 2 heterocycles. The molecule has 0 fully saturated rings. The Kier molecular flexibility index (Phi) is 6.30. The van der Waals surface area contributed by atoms with E-state index in [1.54, 1.807) is 6.07 Å². The lowest BCUT2D eigenvalue weighted by Crippen LogP contribution is -2.31. The van der Waals surface area contributed by atoms with Crippen LogP contribution in [0.1, 0.15) is 26.2 Å². The highest BCUT2D eigenvalue weighted by Gasteiger charge is 2.13. The number of hydrogen-bond acceptors (Lipinski definition) is 7. The third-order valence-electron chi connectivity index (χ3n) is 3.00. The number of carbonyl (C=O) groups excluding carboxylic acids is 2. The van der Waals surface area contributed by atoms with Crippen molar-refractivity contribution >= 4 is 28.3 Å². The van der Waals surface area contributed by atoms with Crippen LogP contribution in [0.5, 0.6) is 0 Å². The number of methoxy groups -OCH3 is 1. The Morgan fingerprint density at radius 1 is 1.42 bits per heavy atom. The Hall–Kier alpha value is -2.42. The van der Waals surface area contributed by atoms with Gasteiger partial charge in [-0.15, -0.1) is 11.3 Å². The summed E-state index contributed by atoms with van der Waals surface area (Å²) in [6.07, 6.45) is 0.511. The highest BCUT2D eigenvalue weighted by Crippen LogP contribution is 2.27. The van der Waals surface area contributed by atoms with E-state index in [0.717, 1.165) is 5.56 Å². The van der Waals surface area contributed by atoms with Gasteiger partial charge in [-0.25, -0.2) is 4.79 Å². The quantitative estimate of drug-likeness (QED) is 0.742. The second kappa shape index (κ2) is 8.44. The smallest absolute Gasteiger partial charge is 0.319 e. The van der Waals surface area contributed by atoms with E-state index in [0.29, 0.717) is 35.6 Å². The van der Waals surface area contributed by atoms with Crippen LogP contribution in [0.3, 0.4) is 0 Å². The number of amides is 2. The van der Waals surface area contributed by atoms with E-state index in [4.69, 9.17) is 4.52 Å². The first-order valence-electron chi connectivity index (χ1n) is 7.51. The number of aryl methyl sites for hydroxylation is 1. The van der Waals surface area contributed by atoms with Gasteiger partial charge in [0.05, 0.1) is 18.5 Å². The van der Waals surface area contributed by atoms with Gasteiger partial charge in [-0.3, -0.25) is 10.1 Å². The fourth-order valence-electron chi connectivity index (χ4n) is 1.76. The number of rotatable bonds is 7. The zero-order chi connectivity index (χ0) is 17.5. The summed E-state index contributed by atoms with van der Waals surface area (Å²) in [6.45, 7) is 4.66. The number of anilines is 1. The van der Waals surface area contributed by atoms with Crippen LogP contribution in [0.25, 0.3) is 11.4 Å². The number of nitrogens with one attached hydrogen (secondary N) is 2. The summed E-state index contributed by atoms with van der Waals surface area (Å²) in [7, 11) is 1.33. The minimum Gasteiger partial charge on any atom is -0.469 e. The number of urea groups is 1. The van der Waals surface area contributed by atoms with Crippen molar-refractivity contribution in [1.29, 1.82) is 0 Å². The van der Waals surface area contributed by atoms with E-state index in [1.807, 2.05) is 19.2 Å². The van der Waals surface area contributed by atoms with Crippen molar-refractivity contribution in [3.05, 3.63) is 17.3 Å². The van der Waals surface area contributed by atoms with Gasteiger partial charge in [0, 0.05) is 23.9 Å². The molecule has 8 nitrogen and oxygen atoms in total. The highest BCUT2D eigenvalue weighted by molar-refractivity contribution is 7.14. The van der Waals surface area contributed by atoms with Crippen molar-refractivity contribution in [2.75, 3.05) is 19.0 Å². The van der Waals surface area contributed by atoms with Gasteiger partial charge in [0.1, 0.15) is 0 Å². The Bertz CT molecular complexity index is 695. The molecule has 2 rings (SSSR count). The predicted molar refractivity (Wildman–Crippen MR) is 89.8 cm³/mol. The molecule has 0 unspecified atom stereocenters. The van der Waals surface area contributed by atoms with Gasteiger partial charge in [0.25, 0.3) is 0 Å². The molecule has 24 heavy (non-hydrogen) atoms. The number of esters is 1. The van der Waals surface area contributed by atoms with E-state index in [1.165, 1.54) is 18.4 Å². The highest BCUT2D eigenvalue weighted by atomic mass is 32.1. The Morgan fingerprint density at radius 2 is 2.21 bits per heavy atom. The molecule has 2 N–H and O–H groups in total. The minimum absolute atomic E-state index is 0.185. The molecule has 0 aromatic carbocycles. The molecule has 0 spiro atoms. The summed E-state index contributed by atoms with van der Waals surface area (Å²) in [6, 6.07) is 1.53. The molecule has 0 aliphatic rings. The zero-order valence-corrected chi connectivity index (χ0v) is 14.6. The first kappa shape index (κ1) is 17.9. The number of ether oxygens (including phenoxy) is 1. The summed E-state index contributed by atoms with van der Waals surface area (Å²) in [5.41, 5.74) is 0.743. The van der Waals surface area contributed by atoms with Gasteiger partial charge in [-0.1, -0.05) is 19.0 Å². The topological polar surface area (TPSA) is 106 Å². The molecule has 0 atom stereocenters. The molecule has 0 aliphatic heterocycles. The second-order valence-electron chi connectivity index (χ2n) is 5.52. The summed E-state index contributed by atoms with van der Waals surface area (Å²) in [4.78, 5) is 27.1. The largest absolute Gasteiger partial charge is 0.469 e. The van der Waals surface area contributed by atoms with Crippen LogP contribution >= 0.6 is 11.3 Å². The molecule has 2 amide bonds. The first-order valence-corrected chi connectivity index (χ1v) is 8.39. The fourth-order valence-corrected chi connectivity index (χ4v) is 2.53. The average Bonchev–Trinajstić information content (AvgIpc) is 3.19. The lowest BCUT2D eigenvalue weighted by atomic mass is 10.2. The second-order valence-corrected chi connectivity index (χ2v) is 6.43. The predicted octanol–water partition coefficient (Wildman–Crippen LogP) is 2.68. The van der Waals surface area contributed by atoms with Crippen LogP contribution in [0.15, 0.2) is 16.0 Å². The molecule has 0 aliphatic carbocycles. The standard InChI is InChI=1S/C15H20N4O4S/c1-9(2)7-16-15(21)18-12-6-10(8-24-12)14-17-11(23-19-14)4-5-13(20)22-3/h6,8-9H,4-5,7H2,1-3H3,(H2,16,18,21). The number of carbonyl (C=O) groups is 2. The van der Waals surface area contributed by atoms with Crippen LogP contribution in [-0.2, 0) is 16.0 Å². The van der Waals surface area contributed by atoms with Gasteiger partial charge < -0.3 is 14.6 Å². The molecule has 130 valence electrons. The SMILES string of the molecule is COC(=O)CCc1nc(-c2csc(NC(=O)NCC(C)C)c2)no1. The van der Waals surface area contributed by atoms with E-state index in [-0.39, 0.29) is 18.4 Å². The summed E-state index contributed by atoms with van der Waals surface area (Å²) < 4.78 is 9.67. The molecule has 0 radical (unpaired) electrons. The lowest BCUT2D eigenvalue weighted by Gasteiger charge is -2.07. The van der Waals surface area contributed by atoms with Crippen LogP contribution < -0.4 is 10.6 Å². The molecule has 0 bridgehead atoms. The van der Waals surface area contributed by atoms with E-state index in [9.17, 15) is 9.59 Å². The Morgan fingerprint density at radius 3 is 2.92 bits per heavy atom. The van der Waals surface area contributed by atoms with Crippen molar-refractivity contribution in [2.45, 2.75) is 26.7 Å². The van der Waals surface area contributed by atoms with E-state index < -0.39 is 0 Å². The molecule has 0 saturated carbocycles. The van der Waals surface area contributed by atoms with Gasteiger partial charge in [-0.05, 0) is 12.0 Å². The van der Waals surface area contributed by atoms with Crippen molar-refractivity contribution in [3.8, 4) is 11.4 Å². The monoisotopic (exact) mass is 352 g/mol. The van der Waals surface area contributed by atoms with Gasteiger partial charge >= 0.3 is 12.0 Å². The molecular weight excluding hydrogens is 332 g/mol. The van der Waals surface area contributed by atoms with Gasteiger partial charge in [-0.2, -0.15) is 4.98 Å². The summed E-state index contributed by atoms with van der Waals surface area (Å²) >= 11 is 1.37. The molecule has 2 aromatic heterocycles. The van der Waals surface area contributed by atoms with Gasteiger partial charge in [0.2, 0.25) is 11.7 Å². The van der Waals surface area contributed by atoms with Crippen LogP contribution in [0.2, 0.25) is 0 Å². The average molecular weight is 352 g/mol. The normalized spacial score (nSPS) is 10.7.